The van der Waals surface area contributed by atoms with Gasteiger partial charge in [0, 0.05) is 11.3 Å². The van der Waals surface area contributed by atoms with Crippen LogP contribution in [-0.4, -0.2) is 11.1 Å². The molecule has 0 radical (unpaired) electrons. The predicted molar refractivity (Wildman–Crippen MR) is 68.5 cm³/mol. The van der Waals surface area contributed by atoms with Crippen molar-refractivity contribution in [3.63, 3.8) is 0 Å². The van der Waals surface area contributed by atoms with Crippen LogP contribution < -0.4 is 10.5 Å². The molecule has 0 saturated carbocycles. The fourth-order valence-corrected chi connectivity index (χ4v) is 1.65. The number of carbonyl (C=O) groups is 1. The van der Waals surface area contributed by atoms with E-state index in [2.05, 4.69) is 0 Å². The molecular weight excluding hydrogens is 268 g/mol. The number of rotatable bonds is 4. The van der Waals surface area contributed by atoms with E-state index in [0.29, 0.717) is 0 Å². The Morgan fingerprint density at radius 1 is 1.20 bits per heavy atom. The predicted octanol–water partition coefficient (Wildman–Crippen LogP) is 2.82. The van der Waals surface area contributed by atoms with Gasteiger partial charge in [-0.05, 0) is 36.4 Å². The third-order valence-corrected chi connectivity index (χ3v) is 2.62. The second-order valence-electron chi connectivity index (χ2n) is 4.09. The van der Waals surface area contributed by atoms with Crippen LogP contribution in [0.1, 0.15) is 15.9 Å². The van der Waals surface area contributed by atoms with Crippen LogP contribution in [0.5, 0.6) is 5.75 Å². The standard InChI is InChI=1S/C14H11F2NO3/c15-9-1-3-12(16)8(5-9)7-20-13-4-2-10(17)6-11(13)14(18)19/h1-6H,7,17H2,(H,18,19). The number of anilines is 1. The van der Waals surface area contributed by atoms with Gasteiger partial charge < -0.3 is 15.6 Å². The normalized spacial score (nSPS) is 10.3. The summed E-state index contributed by atoms with van der Waals surface area (Å²) in [5, 5.41) is 9.02. The Morgan fingerprint density at radius 2 is 1.95 bits per heavy atom. The third-order valence-electron chi connectivity index (χ3n) is 2.62. The molecule has 3 N–H and O–H groups in total. The van der Waals surface area contributed by atoms with Crippen molar-refractivity contribution >= 4 is 11.7 Å². The zero-order valence-electron chi connectivity index (χ0n) is 10.3. The Labute approximate surface area is 113 Å². The molecule has 2 aromatic rings. The molecule has 4 nitrogen and oxygen atoms in total. The van der Waals surface area contributed by atoms with Crippen LogP contribution in [0.3, 0.4) is 0 Å². The fourth-order valence-electron chi connectivity index (χ4n) is 1.65. The van der Waals surface area contributed by atoms with Gasteiger partial charge in [0.15, 0.2) is 0 Å². The number of halogens is 2. The summed E-state index contributed by atoms with van der Waals surface area (Å²) in [7, 11) is 0. The van der Waals surface area contributed by atoms with E-state index in [4.69, 9.17) is 15.6 Å². The Kier molecular flexibility index (Phi) is 3.84. The lowest BCUT2D eigenvalue weighted by Gasteiger charge is -2.10. The van der Waals surface area contributed by atoms with Crippen LogP contribution in [0.4, 0.5) is 14.5 Å². The topological polar surface area (TPSA) is 72.5 Å². The van der Waals surface area contributed by atoms with E-state index in [0.717, 1.165) is 18.2 Å². The minimum absolute atomic E-state index is 0.00170. The molecule has 0 aliphatic heterocycles. The SMILES string of the molecule is Nc1ccc(OCc2cc(F)ccc2F)c(C(=O)O)c1. The maximum Gasteiger partial charge on any atom is 0.339 e. The van der Waals surface area contributed by atoms with Gasteiger partial charge in [-0.3, -0.25) is 0 Å². The van der Waals surface area contributed by atoms with Crippen molar-refractivity contribution in [3.8, 4) is 5.75 Å². The molecule has 0 fully saturated rings. The van der Waals surface area contributed by atoms with Gasteiger partial charge in [0.05, 0.1) is 0 Å². The van der Waals surface area contributed by atoms with E-state index >= 15 is 0 Å². The van der Waals surface area contributed by atoms with Crippen LogP contribution in [0.15, 0.2) is 36.4 Å². The van der Waals surface area contributed by atoms with E-state index < -0.39 is 17.6 Å². The van der Waals surface area contributed by atoms with Crippen LogP contribution >= 0.6 is 0 Å². The Balaban J connectivity index is 2.23. The van der Waals surface area contributed by atoms with Gasteiger partial charge in [-0.15, -0.1) is 0 Å². The number of hydrogen-bond donors (Lipinski definition) is 2. The van der Waals surface area contributed by atoms with E-state index in [1.54, 1.807) is 0 Å². The molecule has 0 amide bonds. The number of nitrogen functional groups attached to an aromatic ring is 1. The molecular formula is C14H11F2NO3. The molecule has 20 heavy (non-hydrogen) atoms. The summed E-state index contributed by atoms with van der Waals surface area (Å²) >= 11 is 0. The average molecular weight is 279 g/mol. The number of carboxylic acids is 1. The number of nitrogens with two attached hydrogens (primary N) is 1. The number of hydrogen-bond acceptors (Lipinski definition) is 3. The molecule has 6 heteroatoms. The first-order chi connectivity index (χ1) is 9.47. The van der Waals surface area contributed by atoms with Gasteiger partial charge in [-0.25, -0.2) is 13.6 Å². The lowest BCUT2D eigenvalue weighted by atomic mass is 10.1. The van der Waals surface area contributed by atoms with Crippen molar-refractivity contribution in [1.82, 2.24) is 0 Å². The first-order valence-electron chi connectivity index (χ1n) is 5.67. The smallest absolute Gasteiger partial charge is 0.339 e. The van der Waals surface area contributed by atoms with Crippen LogP contribution in [0.2, 0.25) is 0 Å². The Hall–Kier alpha value is -2.63. The van der Waals surface area contributed by atoms with E-state index in [-0.39, 0.29) is 29.2 Å². The fraction of sp³-hybridized carbons (Fsp3) is 0.0714. The highest BCUT2D eigenvalue weighted by molar-refractivity contribution is 5.92. The summed E-state index contributed by atoms with van der Waals surface area (Å²) in [4.78, 5) is 11.0. The molecule has 0 unspecified atom stereocenters. The summed E-state index contributed by atoms with van der Waals surface area (Å²) in [6, 6.07) is 7.03. The van der Waals surface area contributed by atoms with E-state index in [9.17, 15) is 13.6 Å². The first-order valence-corrected chi connectivity index (χ1v) is 5.67. The maximum absolute atomic E-state index is 13.4. The number of aromatic carboxylic acids is 1. The molecule has 0 spiro atoms. The van der Waals surface area contributed by atoms with Gasteiger partial charge >= 0.3 is 5.97 Å². The second-order valence-corrected chi connectivity index (χ2v) is 4.09. The largest absolute Gasteiger partial charge is 0.488 e. The highest BCUT2D eigenvalue weighted by atomic mass is 19.1. The van der Waals surface area contributed by atoms with Crippen molar-refractivity contribution in [3.05, 3.63) is 59.2 Å². The summed E-state index contributed by atoms with van der Waals surface area (Å²) in [5.74, 6) is -2.40. The molecule has 104 valence electrons. The quantitative estimate of drug-likeness (QED) is 0.844. The monoisotopic (exact) mass is 279 g/mol. The summed E-state index contributed by atoms with van der Waals surface area (Å²) < 4.78 is 31.6. The van der Waals surface area contributed by atoms with Crippen molar-refractivity contribution in [2.75, 3.05) is 5.73 Å². The summed E-state index contributed by atoms with van der Waals surface area (Å²) in [6.07, 6.45) is 0. The Morgan fingerprint density at radius 3 is 2.65 bits per heavy atom. The zero-order valence-corrected chi connectivity index (χ0v) is 10.3. The third kappa shape index (κ3) is 3.03. The second kappa shape index (κ2) is 5.56. The van der Waals surface area contributed by atoms with E-state index in [1.165, 1.54) is 18.2 Å². The summed E-state index contributed by atoms with van der Waals surface area (Å²) in [6.45, 7) is -0.284. The Bertz CT molecular complexity index is 659. The lowest BCUT2D eigenvalue weighted by molar-refractivity contribution is 0.0692. The molecule has 2 rings (SSSR count). The maximum atomic E-state index is 13.4. The minimum atomic E-state index is -1.22. The lowest BCUT2D eigenvalue weighted by Crippen LogP contribution is -2.05. The molecule has 0 aliphatic carbocycles. The van der Waals surface area contributed by atoms with Gasteiger partial charge in [0.25, 0.3) is 0 Å². The van der Waals surface area contributed by atoms with Crippen molar-refractivity contribution < 1.29 is 23.4 Å². The molecule has 0 aromatic heterocycles. The highest BCUT2D eigenvalue weighted by Crippen LogP contribution is 2.23. The van der Waals surface area contributed by atoms with E-state index in [1.807, 2.05) is 0 Å². The van der Waals surface area contributed by atoms with Crippen molar-refractivity contribution in [2.24, 2.45) is 0 Å². The van der Waals surface area contributed by atoms with Gasteiger partial charge in [-0.1, -0.05) is 0 Å². The minimum Gasteiger partial charge on any atom is -0.488 e. The molecule has 0 heterocycles. The molecule has 0 atom stereocenters. The van der Waals surface area contributed by atoms with Gasteiger partial charge in [0.1, 0.15) is 29.6 Å². The summed E-state index contributed by atoms with van der Waals surface area (Å²) in [5.41, 5.74) is 5.62. The van der Waals surface area contributed by atoms with Crippen molar-refractivity contribution in [1.29, 1.82) is 0 Å². The number of carboxylic acid groups (broad SMARTS) is 1. The molecule has 0 bridgehead atoms. The highest BCUT2D eigenvalue weighted by Gasteiger charge is 2.13. The molecule has 0 aliphatic rings. The zero-order chi connectivity index (χ0) is 14.7. The van der Waals surface area contributed by atoms with Crippen LogP contribution in [0.25, 0.3) is 0 Å². The number of benzene rings is 2. The van der Waals surface area contributed by atoms with Gasteiger partial charge in [0.2, 0.25) is 0 Å². The number of ether oxygens (including phenoxy) is 1. The molecule has 2 aromatic carbocycles. The van der Waals surface area contributed by atoms with Crippen LogP contribution in [0, 0.1) is 11.6 Å². The van der Waals surface area contributed by atoms with Crippen molar-refractivity contribution in [2.45, 2.75) is 6.61 Å². The average Bonchev–Trinajstić information content (AvgIpc) is 2.40. The molecule has 0 saturated heterocycles. The first kappa shape index (κ1) is 13.8. The van der Waals surface area contributed by atoms with Crippen LogP contribution in [-0.2, 0) is 6.61 Å². The van der Waals surface area contributed by atoms with Gasteiger partial charge in [-0.2, -0.15) is 0 Å².